The van der Waals surface area contributed by atoms with Gasteiger partial charge in [-0.3, -0.25) is 4.68 Å². The van der Waals surface area contributed by atoms with Gasteiger partial charge in [0.25, 0.3) is 0 Å². The molecule has 1 aliphatic rings. The van der Waals surface area contributed by atoms with E-state index >= 15 is 0 Å². The minimum Gasteiger partial charge on any atom is -0.344 e. The Kier molecular flexibility index (Phi) is 2.27. The Hall–Kier alpha value is -1.58. The second kappa shape index (κ2) is 3.77. The Labute approximate surface area is 94.7 Å². The van der Waals surface area contributed by atoms with Gasteiger partial charge >= 0.3 is 0 Å². The summed E-state index contributed by atoms with van der Waals surface area (Å²) in [6.07, 6.45) is 7.28. The van der Waals surface area contributed by atoms with Gasteiger partial charge in [-0.1, -0.05) is 6.92 Å². The summed E-state index contributed by atoms with van der Waals surface area (Å²) < 4.78 is 1.90. The molecule has 2 aromatic heterocycles. The van der Waals surface area contributed by atoms with Crippen molar-refractivity contribution in [3.8, 4) is 0 Å². The number of aromatic nitrogens is 4. The number of hydrogen-bond acceptors (Lipinski definition) is 2. The lowest BCUT2D eigenvalue weighted by atomic mass is 9.92. The van der Waals surface area contributed by atoms with E-state index in [1.807, 2.05) is 16.9 Å². The number of nitrogens with zero attached hydrogens (tertiary/aromatic N) is 3. The minimum absolute atomic E-state index is 0.744. The molecule has 0 aliphatic heterocycles. The van der Waals surface area contributed by atoms with Crippen molar-refractivity contribution in [1.82, 2.24) is 19.7 Å². The lowest BCUT2D eigenvalue weighted by molar-refractivity contribution is 0.492. The van der Waals surface area contributed by atoms with Crippen LogP contribution in [0.4, 0.5) is 0 Å². The molecule has 0 radical (unpaired) electrons. The molecule has 0 saturated heterocycles. The molecule has 1 atom stereocenters. The Bertz CT molecular complexity index is 469. The third-order valence-electron chi connectivity index (χ3n) is 3.21. The summed E-state index contributed by atoms with van der Waals surface area (Å²) in [5, 5.41) is 4.19. The van der Waals surface area contributed by atoms with Gasteiger partial charge in [0, 0.05) is 18.1 Å². The van der Waals surface area contributed by atoms with Gasteiger partial charge in [-0.05, 0) is 31.2 Å². The summed E-state index contributed by atoms with van der Waals surface area (Å²) in [6.45, 7) is 3.05. The topological polar surface area (TPSA) is 46.5 Å². The standard InChI is InChI=1S/C12H16N4/c1-9-3-4-10-11(7-9)15-12(14-10)8-16-6-2-5-13-16/h2,5-6,9H,3-4,7-8H2,1H3,(H,14,15). The number of fused-ring (bicyclic) bond motifs is 1. The molecule has 84 valence electrons. The number of imidazole rings is 1. The molecule has 1 N–H and O–H groups in total. The van der Waals surface area contributed by atoms with E-state index in [1.165, 1.54) is 17.8 Å². The quantitative estimate of drug-likeness (QED) is 0.831. The SMILES string of the molecule is CC1CCc2nc(Cn3cccn3)[nH]c2C1. The number of aromatic amines is 1. The Balaban J connectivity index is 1.82. The van der Waals surface area contributed by atoms with E-state index in [1.54, 1.807) is 6.20 Å². The van der Waals surface area contributed by atoms with Crippen LogP contribution in [-0.2, 0) is 19.4 Å². The fourth-order valence-corrected chi connectivity index (χ4v) is 2.34. The van der Waals surface area contributed by atoms with Gasteiger partial charge in [0.05, 0.1) is 12.2 Å². The third kappa shape index (κ3) is 1.75. The van der Waals surface area contributed by atoms with Crippen molar-refractivity contribution in [1.29, 1.82) is 0 Å². The van der Waals surface area contributed by atoms with Crippen molar-refractivity contribution in [2.75, 3.05) is 0 Å². The smallest absolute Gasteiger partial charge is 0.128 e. The van der Waals surface area contributed by atoms with Crippen molar-refractivity contribution < 1.29 is 0 Å². The molecule has 1 unspecified atom stereocenters. The van der Waals surface area contributed by atoms with Crippen LogP contribution >= 0.6 is 0 Å². The van der Waals surface area contributed by atoms with Crippen molar-refractivity contribution in [2.45, 2.75) is 32.7 Å². The van der Waals surface area contributed by atoms with Crippen molar-refractivity contribution in [3.05, 3.63) is 35.7 Å². The highest BCUT2D eigenvalue weighted by atomic mass is 15.3. The molecule has 0 amide bonds. The van der Waals surface area contributed by atoms with Crippen LogP contribution in [0, 0.1) is 5.92 Å². The van der Waals surface area contributed by atoms with Gasteiger partial charge in [-0.15, -0.1) is 0 Å². The zero-order valence-corrected chi connectivity index (χ0v) is 9.48. The van der Waals surface area contributed by atoms with Crippen molar-refractivity contribution in [3.63, 3.8) is 0 Å². The van der Waals surface area contributed by atoms with E-state index in [9.17, 15) is 0 Å². The van der Waals surface area contributed by atoms with Crippen LogP contribution < -0.4 is 0 Å². The maximum atomic E-state index is 4.64. The highest BCUT2D eigenvalue weighted by molar-refractivity contribution is 5.18. The molecule has 0 spiro atoms. The van der Waals surface area contributed by atoms with Gasteiger partial charge in [-0.25, -0.2) is 4.98 Å². The van der Waals surface area contributed by atoms with Gasteiger partial charge in [-0.2, -0.15) is 5.10 Å². The van der Waals surface area contributed by atoms with Crippen LogP contribution in [0.5, 0.6) is 0 Å². The first-order valence-corrected chi connectivity index (χ1v) is 5.85. The molecule has 3 rings (SSSR count). The van der Waals surface area contributed by atoms with E-state index in [4.69, 9.17) is 0 Å². The average molecular weight is 216 g/mol. The van der Waals surface area contributed by atoms with Crippen LogP contribution in [-0.4, -0.2) is 19.7 Å². The minimum atomic E-state index is 0.744. The summed E-state index contributed by atoms with van der Waals surface area (Å²) in [5.74, 6) is 1.81. The lowest BCUT2D eigenvalue weighted by Gasteiger charge is -2.15. The van der Waals surface area contributed by atoms with E-state index in [-0.39, 0.29) is 0 Å². The predicted octanol–water partition coefficient (Wildman–Crippen LogP) is 1.78. The van der Waals surface area contributed by atoms with Crippen molar-refractivity contribution in [2.24, 2.45) is 5.92 Å². The zero-order valence-electron chi connectivity index (χ0n) is 9.48. The Morgan fingerprint density at radius 2 is 2.50 bits per heavy atom. The largest absolute Gasteiger partial charge is 0.344 e. The van der Waals surface area contributed by atoms with E-state index in [0.29, 0.717) is 0 Å². The molecule has 0 fully saturated rings. The summed E-state index contributed by atoms with van der Waals surface area (Å²) in [4.78, 5) is 8.07. The summed E-state index contributed by atoms with van der Waals surface area (Å²) in [5.41, 5.74) is 2.60. The summed E-state index contributed by atoms with van der Waals surface area (Å²) >= 11 is 0. The zero-order chi connectivity index (χ0) is 11.0. The first kappa shape index (κ1) is 9.63. The van der Waals surface area contributed by atoms with E-state index < -0.39 is 0 Å². The maximum absolute atomic E-state index is 4.64. The highest BCUT2D eigenvalue weighted by Gasteiger charge is 2.18. The number of aryl methyl sites for hydroxylation is 1. The fraction of sp³-hybridized carbons (Fsp3) is 0.500. The predicted molar refractivity (Wildman–Crippen MR) is 61.1 cm³/mol. The van der Waals surface area contributed by atoms with Crippen LogP contribution in [0.3, 0.4) is 0 Å². The first-order valence-electron chi connectivity index (χ1n) is 5.85. The van der Waals surface area contributed by atoms with Crippen LogP contribution in [0.25, 0.3) is 0 Å². The molecule has 0 bridgehead atoms. The molecule has 0 aromatic carbocycles. The Morgan fingerprint density at radius 3 is 3.31 bits per heavy atom. The molecule has 16 heavy (non-hydrogen) atoms. The molecule has 0 saturated carbocycles. The number of H-pyrrole nitrogens is 1. The van der Waals surface area contributed by atoms with Crippen molar-refractivity contribution >= 4 is 0 Å². The lowest BCUT2D eigenvalue weighted by Crippen LogP contribution is -2.10. The van der Waals surface area contributed by atoms with E-state index in [2.05, 4.69) is 22.0 Å². The molecular formula is C12H16N4. The number of rotatable bonds is 2. The molecule has 2 heterocycles. The highest BCUT2D eigenvalue weighted by Crippen LogP contribution is 2.23. The maximum Gasteiger partial charge on any atom is 0.128 e. The number of nitrogens with one attached hydrogen (secondary N) is 1. The van der Waals surface area contributed by atoms with Crippen LogP contribution in [0.2, 0.25) is 0 Å². The third-order valence-corrected chi connectivity index (χ3v) is 3.21. The van der Waals surface area contributed by atoms with E-state index in [0.717, 1.165) is 31.1 Å². The molecule has 4 nitrogen and oxygen atoms in total. The van der Waals surface area contributed by atoms with Gasteiger partial charge in [0.2, 0.25) is 0 Å². The average Bonchev–Trinajstić information content (AvgIpc) is 2.86. The second-order valence-corrected chi connectivity index (χ2v) is 4.66. The Morgan fingerprint density at radius 1 is 1.56 bits per heavy atom. The molecular weight excluding hydrogens is 200 g/mol. The number of hydrogen-bond donors (Lipinski definition) is 1. The molecule has 1 aliphatic carbocycles. The van der Waals surface area contributed by atoms with Gasteiger partial charge < -0.3 is 4.98 Å². The van der Waals surface area contributed by atoms with Crippen LogP contribution in [0.1, 0.15) is 30.6 Å². The summed E-state index contributed by atoms with van der Waals surface area (Å²) in [6, 6.07) is 1.94. The molecule has 4 heteroatoms. The monoisotopic (exact) mass is 216 g/mol. The fourth-order valence-electron chi connectivity index (χ4n) is 2.34. The summed E-state index contributed by atoms with van der Waals surface area (Å²) in [7, 11) is 0. The normalized spacial score (nSPS) is 19.7. The van der Waals surface area contributed by atoms with Crippen LogP contribution in [0.15, 0.2) is 18.5 Å². The van der Waals surface area contributed by atoms with Gasteiger partial charge in [0.1, 0.15) is 5.82 Å². The van der Waals surface area contributed by atoms with Gasteiger partial charge in [0.15, 0.2) is 0 Å². The second-order valence-electron chi connectivity index (χ2n) is 4.66. The first-order chi connectivity index (χ1) is 7.81. The molecule has 2 aromatic rings.